The van der Waals surface area contributed by atoms with E-state index in [1.165, 1.54) is 4.31 Å². The Kier molecular flexibility index (Phi) is 6.56. The fraction of sp³-hybridized carbons (Fsp3) is 0.579. The van der Waals surface area contributed by atoms with Gasteiger partial charge in [0.25, 0.3) is 5.91 Å². The molecule has 2 fully saturated rings. The van der Waals surface area contributed by atoms with Crippen molar-refractivity contribution in [2.45, 2.75) is 25.5 Å². The van der Waals surface area contributed by atoms with E-state index < -0.39 is 10.0 Å². The van der Waals surface area contributed by atoms with Crippen LogP contribution in [0.4, 0.5) is 4.79 Å². The van der Waals surface area contributed by atoms with E-state index in [1.54, 1.807) is 41.0 Å². The third-order valence-corrected chi connectivity index (χ3v) is 6.95. The van der Waals surface area contributed by atoms with E-state index >= 15 is 0 Å². The first-order valence-electron chi connectivity index (χ1n) is 9.68. The Bertz CT molecular complexity index is 795. The first-order chi connectivity index (χ1) is 13.4. The average molecular weight is 410 g/mol. The van der Waals surface area contributed by atoms with Gasteiger partial charge in [-0.2, -0.15) is 0 Å². The minimum Gasteiger partial charge on any atom is -0.450 e. The predicted octanol–water partition coefficient (Wildman–Crippen LogP) is 1.53. The lowest BCUT2D eigenvalue weighted by Gasteiger charge is -2.34. The molecular formula is C19H27N3O5S. The maximum absolute atomic E-state index is 12.7. The number of piperazine rings is 1. The van der Waals surface area contributed by atoms with Gasteiger partial charge in [-0.3, -0.25) is 4.79 Å². The third-order valence-electron chi connectivity index (χ3n) is 5.10. The molecule has 2 aliphatic rings. The molecule has 0 bridgehead atoms. The lowest BCUT2D eigenvalue weighted by atomic mass is 10.1. The predicted molar refractivity (Wildman–Crippen MR) is 104 cm³/mol. The summed E-state index contributed by atoms with van der Waals surface area (Å²) in [6, 6.07) is 6.76. The van der Waals surface area contributed by atoms with Crippen molar-refractivity contribution < 1.29 is 22.7 Å². The van der Waals surface area contributed by atoms with Crippen LogP contribution in [-0.2, 0) is 20.5 Å². The Morgan fingerprint density at radius 1 is 0.929 bits per heavy atom. The van der Waals surface area contributed by atoms with E-state index in [0.29, 0.717) is 57.0 Å². The van der Waals surface area contributed by atoms with Crippen molar-refractivity contribution in [1.29, 1.82) is 0 Å². The van der Waals surface area contributed by atoms with Crippen molar-refractivity contribution in [1.82, 2.24) is 14.1 Å². The van der Waals surface area contributed by atoms with Gasteiger partial charge >= 0.3 is 6.09 Å². The van der Waals surface area contributed by atoms with Crippen LogP contribution in [0.1, 0.15) is 35.7 Å². The van der Waals surface area contributed by atoms with E-state index in [0.717, 1.165) is 12.8 Å². The molecule has 2 saturated heterocycles. The molecule has 2 heterocycles. The molecule has 1 aromatic rings. The Morgan fingerprint density at radius 3 is 2.07 bits per heavy atom. The molecule has 1 aromatic carbocycles. The van der Waals surface area contributed by atoms with E-state index in [4.69, 9.17) is 4.74 Å². The number of hydrogen-bond acceptors (Lipinski definition) is 5. The first-order valence-corrected chi connectivity index (χ1v) is 11.3. The molecule has 3 rings (SSSR count). The normalized spacial score (nSPS) is 18.3. The van der Waals surface area contributed by atoms with Gasteiger partial charge in [0.1, 0.15) is 0 Å². The molecule has 0 N–H and O–H groups in total. The summed E-state index contributed by atoms with van der Waals surface area (Å²) in [6.45, 7) is 5.06. The molecule has 9 heteroatoms. The Hall–Kier alpha value is -2.13. The van der Waals surface area contributed by atoms with Crippen LogP contribution in [0.2, 0.25) is 0 Å². The maximum Gasteiger partial charge on any atom is 0.409 e. The molecule has 2 aliphatic heterocycles. The highest BCUT2D eigenvalue weighted by Gasteiger charge is 2.27. The number of hydrogen-bond donors (Lipinski definition) is 0. The third kappa shape index (κ3) is 4.82. The smallest absolute Gasteiger partial charge is 0.409 e. The number of benzene rings is 1. The van der Waals surface area contributed by atoms with Gasteiger partial charge < -0.3 is 14.5 Å². The fourth-order valence-electron chi connectivity index (χ4n) is 3.50. The van der Waals surface area contributed by atoms with Crippen LogP contribution in [0.25, 0.3) is 0 Å². The monoisotopic (exact) mass is 409 g/mol. The zero-order valence-electron chi connectivity index (χ0n) is 16.2. The number of carbonyl (C=O) groups excluding carboxylic acids is 2. The molecule has 0 saturated carbocycles. The van der Waals surface area contributed by atoms with E-state index in [1.807, 2.05) is 0 Å². The summed E-state index contributed by atoms with van der Waals surface area (Å²) in [5.41, 5.74) is 1.20. The topological polar surface area (TPSA) is 87.2 Å². The summed E-state index contributed by atoms with van der Waals surface area (Å²) in [5.74, 6) is -0.155. The summed E-state index contributed by atoms with van der Waals surface area (Å²) in [6.07, 6.45) is 1.48. The van der Waals surface area contributed by atoms with Crippen LogP contribution in [0.15, 0.2) is 24.3 Å². The summed E-state index contributed by atoms with van der Waals surface area (Å²) in [7, 11) is -3.30. The number of rotatable bonds is 5. The van der Waals surface area contributed by atoms with Crippen molar-refractivity contribution in [2.24, 2.45) is 0 Å². The molecule has 28 heavy (non-hydrogen) atoms. The van der Waals surface area contributed by atoms with E-state index in [-0.39, 0.29) is 17.8 Å². The number of amides is 2. The highest BCUT2D eigenvalue weighted by atomic mass is 32.2. The maximum atomic E-state index is 12.7. The number of nitrogens with zero attached hydrogens (tertiary/aromatic N) is 3. The largest absolute Gasteiger partial charge is 0.450 e. The number of ether oxygens (including phenoxy) is 1. The average Bonchev–Trinajstić information content (AvgIpc) is 3.24. The van der Waals surface area contributed by atoms with Crippen molar-refractivity contribution in [2.75, 3.05) is 45.9 Å². The van der Waals surface area contributed by atoms with Crippen LogP contribution in [0.5, 0.6) is 0 Å². The quantitative estimate of drug-likeness (QED) is 0.736. The SMILES string of the molecule is CCOC(=O)N1CCN(C(=O)c2ccc(CS(=O)(=O)N3CCCC3)cc2)CC1. The lowest BCUT2D eigenvalue weighted by Crippen LogP contribution is -2.50. The second kappa shape index (κ2) is 8.91. The highest BCUT2D eigenvalue weighted by Crippen LogP contribution is 2.18. The Morgan fingerprint density at radius 2 is 1.50 bits per heavy atom. The molecular weight excluding hydrogens is 382 g/mol. The van der Waals surface area contributed by atoms with Crippen LogP contribution in [0.3, 0.4) is 0 Å². The first kappa shape index (κ1) is 20.6. The van der Waals surface area contributed by atoms with Crippen molar-refractivity contribution in [3.05, 3.63) is 35.4 Å². The van der Waals surface area contributed by atoms with Gasteiger partial charge in [-0.15, -0.1) is 0 Å². The van der Waals surface area contributed by atoms with Gasteiger partial charge in [0.05, 0.1) is 12.4 Å². The summed E-state index contributed by atoms with van der Waals surface area (Å²) >= 11 is 0. The molecule has 2 amide bonds. The highest BCUT2D eigenvalue weighted by molar-refractivity contribution is 7.88. The molecule has 0 atom stereocenters. The van der Waals surface area contributed by atoms with Crippen LogP contribution < -0.4 is 0 Å². The van der Waals surface area contributed by atoms with Gasteiger partial charge in [0.15, 0.2) is 0 Å². The van der Waals surface area contributed by atoms with Crippen molar-refractivity contribution >= 4 is 22.0 Å². The van der Waals surface area contributed by atoms with Gasteiger partial charge in [0, 0.05) is 44.8 Å². The molecule has 0 radical (unpaired) electrons. The van der Waals surface area contributed by atoms with E-state index in [2.05, 4.69) is 0 Å². The molecule has 154 valence electrons. The molecule has 8 nitrogen and oxygen atoms in total. The molecule has 0 aromatic heterocycles. The van der Waals surface area contributed by atoms with Gasteiger partial charge in [-0.25, -0.2) is 17.5 Å². The van der Waals surface area contributed by atoms with E-state index in [9.17, 15) is 18.0 Å². The second-order valence-electron chi connectivity index (χ2n) is 7.04. The number of sulfonamides is 1. The van der Waals surface area contributed by atoms with Gasteiger partial charge in [-0.05, 0) is 37.5 Å². The number of carbonyl (C=O) groups is 2. The summed E-state index contributed by atoms with van der Waals surface area (Å²) < 4.78 is 31.3. The molecule has 0 spiro atoms. The van der Waals surface area contributed by atoms with Crippen LogP contribution in [0, 0.1) is 0 Å². The summed E-state index contributed by atoms with van der Waals surface area (Å²) in [4.78, 5) is 27.7. The fourth-order valence-corrected chi connectivity index (χ4v) is 5.11. The second-order valence-corrected chi connectivity index (χ2v) is 9.01. The molecule has 0 aliphatic carbocycles. The zero-order valence-corrected chi connectivity index (χ0v) is 17.0. The minimum absolute atomic E-state index is 0.0420. The van der Waals surface area contributed by atoms with Crippen molar-refractivity contribution in [3.63, 3.8) is 0 Å². The minimum atomic E-state index is -3.30. The van der Waals surface area contributed by atoms with Crippen molar-refractivity contribution in [3.8, 4) is 0 Å². The Balaban J connectivity index is 1.56. The zero-order chi connectivity index (χ0) is 20.1. The van der Waals surface area contributed by atoms with Gasteiger partial charge in [0.2, 0.25) is 10.0 Å². The lowest BCUT2D eigenvalue weighted by molar-refractivity contribution is 0.0570. The Labute approximate surface area is 166 Å². The van der Waals surface area contributed by atoms with Crippen LogP contribution >= 0.6 is 0 Å². The molecule has 0 unspecified atom stereocenters. The summed E-state index contributed by atoms with van der Waals surface area (Å²) in [5, 5.41) is 0. The van der Waals surface area contributed by atoms with Crippen LogP contribution in [-0.4, -0.2) is 80.4 Å². The van der Waals surface area contributed by atoms with Gasteiger partial charge in [-0.1, -0.05) is 12.1 Å². The standard InChI is InChI=1S/C19H27N3O5S/c1-2-27-19(24)21-13-11-20(12-14-21)18(23)17-7-5-16(6-8-17)15-28(25,26)22-9-3-4-10-22/h5-8H,2-4,9-15H2,1H3.